The molecule has 0 saturated heterocycles. The summed E-state index contributed by atoms with van der Waals surface area (Å²) in [5.41, 5.74) is 1.22. The monoisotopic (exact) mass is 301 g/mol. The van der Waals surface area contributed by atoms with Gasteiger partial charge in [0.2, 0.25) is 0 Å². The second kappa shape index (κ2) is 6.63. The Labute approximate surface area is 128 Å². The number of thiophene rings is 1. The molecule has 4 nitrogen and oxygen atoms in total. The van der Waals surface area contributed by atoms with Gasteiger partial charge in [-0.15, -0.1) is 11.3 Å². The molecule has 3 rings (SSSR count). The maximum absolute atomic E-state index is 5.19. The van der Waals surface area contributed by atoms with E-state index in [2.05, 4.69) is 39.9 Å². The van der Waals surface area contributed by atoms with Gasteiger partial charge in [0.25, 0.3) is 0 Å². The predicted molar refractivity (Wildman–Crippen MR) is 88.1 cm³/mol. The Bertz CT molecular complexity index is 619. The molecule has 2 aromatic rings. The summed E-state index contributed by atoms with van der Waals surface area (Å²) in [6.45, 7) is 2.73. The molecule has 21 heavy (non-hydrogen) atoms. The van der Waals surface area contributed by atoms with Crippen LogP contribution in [0.5, 0.6) is 5.75 Å². The lowest BCUT2D eigenvalue weighted by Crippen LogP contribution is -2.40. The Morgan fingerprint density at radius 3 is 2.81 bits per heavy atom. The highest BCUT2D eigenvalue weighted by Crippen LogP contribution is 2.29. The molecule has 0 fully saturated rings. The van der Waals surface area contributed by atoms with Gasteiger partial charge in [0, 0.05) is 22.8 Å². The molecule has 0 spiro atoms. The minimum atomic E-state index is 0.812. The Kier molecular flexibility index (Phi) is 4.40. The molecule has 2 heterocycles. The van der Waals surface area contributed by atoms with Crippen LogP contribution in [0.2, 0.25) is 0 Å². The number of guanidine groups is 1. The Hall–Kier alpha value is -2.01. The van der Waals surface area contributed by atoms with Gasteiger partial charge < -0.3 is 15.4 Å². The van der Waals surface area contributed by atoms with Crippen molar-refractivity contribution in [3.05, 3.63) is 41.3 Å². The van der Waals surface area contributed by atoms with E-state index < -0.39 is 0 Å². The van der Waals surface area contributed by atoms with E-state index in [1.54, 1.807) is 18.4 Å². The van der Waals surface area contributed by atoms with Gasteiger partial charge in [0.1, 0.15) is 5.75 Å². The summed E-state index contributed by atoms with van der Waals surface area (Å²) in [5.74, 6) is 1.80. The first kappa shape index (κ1) is 13.9. The molecule has 1 aliphatic rings. The van der Waals surface area contributed by atoms with E-state index in [0.29, 0.717) is 0 Å². The topological polar surface area (TPSA) is 45.6 Å². The smallest absolute Gasteiger partial charge is 0.191 e. The van der Waals surface area contributed by atoms with E-state index in [0.717, 1.165) is 37.8 Å². The predicted octanol–water partition coefficient (Wildman–Crippen LogP) is 2.86. The molecular formula is C16H19N3OS. The lowest BCUT2D eigenvalue weighted by atomic mass is 10.2. The van der Waals surface area contributed by atoms with Crippen LogP contribution in [0.3, 0.4) is 0 Å². The fraction of sp³-hybridized carbons (Fsp3) is 0.312. The van der Waals surface area contributed by atoms with Crippen LogP contribution in [0, 0.1) is 0 Å². The molecule has 5 heteroatoms. The van der Waals surface area contributed by atoms with Crippen molar-refractivity contribution in [1.29, 1.82) is 0 Å². The van der Waals surface area contributed by atoms with Crippen LogP contribution in [0.15, 0.2) is 41.4 Å². The first-order chi connectivity index (χ1) is 10.3. The normalized spacial score (nSPS) is 14.2. The van der Waals surface area contributed by atoms with Crippen molar-refractivity contribution in [2.24, 2.45) is 4.99 Å². The summed E-state index contributed by atoms with van der Waals surface area (Å²) in [6, 6.07) is 12.5. The molecule has 0 aliphatic carbocycles. The summed E-state index contributed by atoms with van der Waals surface area (Å²) in [6.07, 6.45) is 1.12. The first-order valence-corrected chi connectivity index (χ1v) is 7.92. The van der Waals surface area contributed by atoms with E-state index in [1.807, 2.05) is 12.1 Å². The van der Waals surface area contributed by atoms with Crippen LogP contribution in [0.4, 0.5) is 0 Å². The summed E-state index contributed by atoms with van der Waals surface area (Å²) >= 11 is 1.80. The van der Waals surface area contributed by atoms with Crippen molar-refractivity contribution in [2.75, 3.05) is 20.2 Å². The summed E-state index contributed by atoms with van der Waals surface area (Å²) < 4.78 is 5.19. The minimum Gasteiger partial charge on any atom is -0.497 e. The van der Waals surface area contributed by atoms with Gasteiger partial charge in [-0.3, -0.25) is 4.99 Å². The van der Waals surface area contributed by atoms with Crippen molar-refractivity contribution in [3.63, 3.8) is 0 Å². The van der Waals surface area contributed by atoms with E-state index in [-0.39, 0.29) is 0 Å². The molecule has 1 aromatic heterocycles. The molecule has 1 aliphatic heterocycles. The number of methoxy groups -OCH3 is 1. The van der Waals surface area contributed by atoms with Crippen LogP contribution in [0.1, 0.15) is 11.3 Å². The Morgan fingerprint density at radius 2 is 2.10 bits per heavy atom. The van der Waals surface area contributed by atoms with Crippen LogP contribution >= 0.6 is 11.3 Å². The third-order valence-corrected chi connectivity index (χ3v) is 4.50. The molecule has 0 bridgehead atoms. The largest absolute Gasteiger partial charge is 0.497 e. The number of nitrogens with zero attached hydrogens (tertiary/aromatic N) is 1. The quantitative estimate of drug-likeness (QED) is 0.913. The van der Waals surface area contributed by atoms with E-state index >= 15 is 0 Å². The molecule has 0 amide bonds. The average Bonchev–Trinajstić information content (AvgIpc) is 3.03. The zero-order valence-corrected chi connectivity index (χ0v) is 12.9. The molecule has 0 atom stereocenters. The number of hydrogen-bond donors (Lipinski definition) is 2. The number of aliphatic imine (C=N–C) groups is 1. The van der Waals surface area contributed by atoms with Crippen molar-refractivity contribution in [2.45, 2.75) is 13.0 Å². The van der Waals surface area contributed by atoms with Crippen molar-refractivity contribution >= 4 is 17.3 Å². The highest BCUT2D eigenvalue weighted by Gasteiger charge is 2.06. The van der Waals surface area contributed by atoms with E-state index in [4.69, 9.17) is 4.74 Å². The van der Waals surface area contributed by atoms with Crippen LogP contribution in [-0.4, -0.2) is 26.2 Å². The third-order valence-electron chi connectivity index (χ3n) is 3.36. The van der Waals surface area contributed by atoms with Gasteiger partial charge in [-0.1, -0.05) is 0 Å². The molecule has 2 N–H and O–H groups in total. The lowest BCUT2D eigenvalue weighted by Gasteiger charge is -2.15. The van der Waals surface area contributed by atoms with E-state index in [1.165, 1.54) is 15.3 Å². The van der Waals surface area contributed by atoms with Crippen LogP contribution in [0.25, 0.3) is 10.4 Å². The standard InChI is InChI=1S/C16H19N3OS/c1-20-13-5-3-12(4-6-13)15-8-7-14(21-15)11-19-16-17-9-2-10-18-16/h3-8H,2,9-11H2,1H3,(H2,17,18,19). The number of ether oxygens (including phenoxy) is 1. The maximum atomic E-state index is 5.19. The highest BCUT2D eigenvalue weighted by molar-refractivity contribution is 7.15. The Morgan fingerprint density at radius 1 is 1.24 bits per heavy atom. The molecule has 0 radical (unpaired) electrons. The second-order valence-electron chi connectivity index (χ2n) is 4.86. The van der Waals surface area contributed by atoms with Gasteiger partial charge in [-0.05, 0) is 48.4 Å². The van der Waals surface area contributed by atoms with Gasteiger partial charge in [0.15, 0.2) is 5.96 Å². The fourth-order valence-corrected chi connectivity index (χ4v) is 3.16. The Balaban J connectivity index is 1.63. The molecule has 0 unspecified atom stereocenters. The zero-order valence-electron chi connectivity index (χ0n) is 12.1. The third kappa shape index (κ3) is 3.55. The zero-order chi connectivity index (χ0) is 14.5. The van der Waals surface area contributed by atoms with Crippen molar-refractivity contribution in [1.82, 2.24) is 10.6 Å². The molecule has 1 aromatic carbocycles. The molecular weight excluding hydrogens is 282 g/mol. The maximum Gasteiger partial charge on any atom is 0.191 e. The van der Waals surface area contributed by atoms with Gasteiger partial charge in [-0.2, -0.15) is 0 Å². The summed E-state index contributed by atoms with van der Waals surface area (Å²) in [5, 5.41) is 6.62. The average molecular weight is 301 g/mol. The van der Waals surface area contributed by atoms with E-state index in [9.17, 15) is 0 Å². The van der Waals surface area contributed by atoms with Crippen LogP contribution in [-0.2, 0) is 6.54 Å². The summed E-state index contributed by atoms with van der Waals surface area (Å²) in [7, 11) is 1.69. The SMILES string of the molecule is COc1ccc(-c2ccc(CNC3=NCCCN3)s2)cc1. The van der Waals surface area contributed by atoms with Gasteiger partial charge in [-0.25, -0.2) is 0 Å². The van der Waals surface area contributed by atoms with Gasteiger partial charge >= 0.3 is 0 Å². The number of benzene rings is 1. The molecule has 110 valence electrons. The van der Waals surface area contributed by atoms with Gasteiger partial charge in [0.05, 0.1) is 13.7 Å². The number of nitrogens with one attached hydrogen (secondary N) is 2. The lowest BCUT2D eigenvalue weighted by molar-refractivity contribution is 0.415. The minimum absolute atomic E-state index is 0.812. The second-order valence-corrected chi connectivity index (χ2v) is 6.03. The fourth-order valence-electron chi connectivity index (χ4n) is 2.21. The van der Waals surface area contributed by atoms with Crippen LogP contribution < -0.4 is 15.4 Å². The first-order valence-electron chi connectivity index (χ1n) is 7.10. The highest BCUT2D eigenvalue weighted by atomic mass is 32.1. The molecule has 0 saturated carbocycles. The van der Waals surface area contributed by atoms with Crippen molar-refractivity contribution in [3.8, 4) is 16.2 Å². The number of hydrogen-bond acceptors (Lipinski definition) is 5. The number of rotatable bonds is 4. The summed E-state index contributed by atoms with van der Waals surface area (Å²) in [4.78, 5) is 6.99. The van der Waals surface area contributed by atoms with Crippen molar-refractivity contribution < 1.29 is 4.74 Å².